The van der Waals surface area contributed by atoms with Crippen molar-refractivity contribution < 1.29 is 19.4 Å². The van der Waals surface area contributed by atoms with Crippen molar-refractivity contribution in [2.45, 2.75) is 38.5 Å². The summed E-state index contributed by atoms with van der Waals surface area (Å²) < 4.78 is 7.30. The molecule has 1 atom stereocenters. The van der Waals surface area contributed by atoms with Crippen LogP contribution in [0, 0.1) is 0 Å². The van der Waals surface area contributed by atoms with E-state index in [1.165, 1.54) is 6.20 Å². The Hall–Kier alpha value is -3.09. The number of hydrogen-bond acceptors (Lipinski definition) is 4. The second kappa shape index (κ2) is 6.90. The molecule has 7 heteroatoms. The first-order valence-corrected chi connectivity index (χ1v) is 9.04. The Balaban J connectivity index is 1.79. The summed E-state index contributed by atoms with van der Waals surface area (Å²) in [7, 11) is 0. The molecule has 2 aliphatic rings. The summed E-state index contributed by atoms with van der Waals surface area (Å²) in [4.78, 5) is 39.1. The van der Waals surface area contributed by atoms with Gasteiger partial charge in [-0.25, -0.2) is 4.79 Å². The Morgan fingerprint density at radius 3 is 2.70 bits per heavy atom. The van der Waals surface area contributed by atoms with Crippen molar-refractivity contribution in [1.82, 2.24) is 9.47 Å². The average Bonchev–Trinajstić information content (AvgIpc) is 2.68. The van der Waals surface area contributed by atoms with Crippen LogP contribution in [-0.4, -0.2) is 39.0 Å². The molecule has 2 aromatic rings. The minimum absolute atomic E-state index is 0.0323. The molecule has 3 heterocycles. The van der Waals surface area contributed by atoms with Crippen LogP contribution in [0.15, 0.2) is 41.3 Å². The molecular weight excluding hydrogens is 348 g/mol. The van der Waals surface area contributed by atoms with E-state index < -0.39 is 11.4 Å². The summed E-state index contributed by atoms with van der Waals surface area (Å²) in [5, 5.41) is 9.41. The predicted molar refractivity (Wildman–Crippen MR) is 97.1 cm³/mol. The number of carbonyl (C=O) groups excluding carboxylic acids is 1. The molecule has 7 nitrogen and oxygen atoms in total. The number of rotatable bonds is 4. The molecule has 0 radical (unpaired) electrons. The number of amides is 1. The lowest BCUT2D eigenvalue weighted by Gasteiger charge is -2.41. The highest BCUT2D eigenvalue weighted by molar-refractivity contribution is 5.97. The van der Waals surface area contributed by atoms with Gasteiger partial charge in [-0.05, 0) is 24.8 Å². The normalized spacial score (nSPS) is 18.6. The van der Waals surface area contributed by atoms with Crippen LogP contribution in [0.3, 0.4) is 0 Å². The summed E-state index contributed by atoms with van der Waals surface area (Å²) in [6.07, 6.45) is 4.12. The molecule has 1 amide bonds. The second-order valence-electron chi connectivity index (χ2n) is 6.93. The van der Waals surface area contributed by atoms with Gasteiger partial charge >= 0.3 is 5.97 Å². The first kappa shape index (κ1) is 17.3. The van der Waals surface area contributed by atoms with E-state index in [9.17, 15) is 19.5 Å². The number of piperidine rings is 1. The zero-order valence-electron chi connectivity index (χ0n) is 14.8. The van der Waals surface area contributed by atoms with Crippen LogP contribution in [0.4, 0.5) is 0 Å². The summed E-state index contributed by atoms with van der Waals surface area (Å²) in [5.41, 5.74) is -0.151. The predicted octanol–water partition coefficient (Wildman–Crippen LogP) is 2.13. The fraction of sp³-hybridized carbons (Fsp3) is 0.350. The number of nitrogens with zero attached hydrogens (tertiary/aromatic N) is 2. The third-order valence-corrected chi connectivity index (χ3v) is 5.19. The molecule has 0 saturated carbocycles. The van der Waals surface area contributed by atoms with Crippen molar-refractivity contribution in [2.24, 2.45) is 0 Å². The van der Waals surface area contributed by atoms with Crippen molar-refractivity contribution in [3.63, 3.8) is 0 Å². The van der Waals surface area contributed by atoms with E-state index in [0.717, 1.165) is 24.8 Å². The molecule has 0 aliphatic carbocycles. The molecule has 4 rings (SSSR count). The van der Waals surface area contributed by atoms with Crippen LogP contribution >= 0.6 is 0 Å². The van der Waals surface area contributed by atoms with Crippen LogP contribution in [0.5, 0.6) is 5.75 Å². The lowest BCUT2D eigenvalue weighted by Crippen LogP contribution is -2.51. The van der Waals surface area contributed by atoms with Crippen molar-refractivity contribution in [3.05, 3.63) is 63.6 Å². The van der Waals surface area contributed by atoms with Crippen molar-refractivity contribution in [1.29, 1.82) is 0 Å². The first-order chi connectivity index (χ1) is 13.1. The molecule has 1 fully saturated rings. The van der Waals surface area contributed by atoms with Crippen LogP contribution in [0.1, 0.15) is 45.7 Å². The van der Waals surface area contributed by atoms with Crippen molar-refractivity contribution in [3.8, 4) is 5.75 Å². The smallest absolute Gasteiger partial charge is 0.341 e. The Kier molecular flexibility index (Phi) is 4.43. The maximum absolute atomic E-state index is 13.1. The Bertz CT molecular complexity index is 951. The first-order valence-electron chi connectivity index (χ1n) is 9.04. The van der Waals surface area contributed by atoms with Crippen molar-refractivity contribution >= 4 is 11.9 Å². The molecule has 1 unspecified atom stereocenters. The second-order valence-corrected chi connectivity index (χ2v) is 6.93. The quantitative estimate of drug-likeness (QED) is 0.893. The highest BCUT2D eigenvalue weighted by Crippen LogP contribution is 2.29. The number of fused-ring (bicyclic) bond motifs is 2. The molecule has 1 aromatic carbocycles. The number of carboxylic acid groups (broad SMARTS) is 1. The maximum atomic E-state index is 13.1. The largest absolute Gasteiger partial charge is 0.483 e. The maximum Gasteiger partial charge on any atom is 0.341 e. The lowest BCUT2D eigenvalue weighted by molar-refractivity contribution is 0.0498. The molecule has 1 saturated heterocycles. The third-order valence-electron chi connectivity index (χ3n) is 5.19. The average molecular weight is 368 g/mol. The Morgan fingerprint density at radius 2 is 1.96 bits per heavy atom. The van der Waals surface area contributed by atoms with E-state index in [1.807, 2.05) is 30.3 Å². The molecule has 0 bridgehead atoms. The van der Waals surface area contributed by atoms with Crippen LogP contribution < -0.4 is 10.2 Å². The van der Waals surface area contributed by atoms with E-state index in [1.54, 1.807) is 9.47 Å². The number of aromatic nitrogens is 1. The van der Waals surface area contributed by atoms with Gasteiger partial charge in [-0.1, -0.05) is 30.3 Å². The number of pyridine rings is 1. The molecule has 1 aromatic heterocycles. The van der Waals surface area contributed by atoms with Crippen LogP contribution in [0.2, 0.25) is 0 Å². The van der Waals surface area contributed by atoms with Crippen LogP contribution in [0.25, 0.3) is 0 Å². The van der Waals surface area contributed by atoms with E-state index in [0.29, 0.717) is 13.1 Å². The van der Waals surface area contributed by atoms with E-state index in [2.05, 4.69) is 0 Å². The number of ether oxygens (including phenoxy) is 1. The number of carboxylic acids is 1. The highest BCUT2D eigenvalue weighted by Gasteiger charge is 2.37. The van der Waals surface area contributed by atoms with Gasteiger partial charge in [0, 0.05) is 25.3 Å². The fourth-order valence-electron chi connectivity index (χ4n) is 3.84. The summed E-state index contributed by atoms with van der Waals surface area (Å²) in [6, 6.07) is 9.27. The minimum Gasteiger partial charge on any atom is -0.483 e. The van der Waals surface area contributed by atoms with Gasteiger partial charge in [0.25, 0.3) is 5.91 Å². The molecule has 1 N–H and O–H groups in total. The van der Waals surface area contributed by atoms with Gasteiger partial charge in [0.15, 0.2) is 11.4 Å². The SMILES string of the molecule is O=C(O)c1cn2c(c(OCc3ccccc3)c1=O)C(=O)N1CCCCC1C2. The lowest BCUT2D eigenvalue weighted by atomic mass is 9.98. The number of hydrogen-bond donors (Lipinski definition) is 1. The number of aromatic carboxylic acids is 1. The van der Waals surface area contributed by atoms with Gasteiger partial charge in [-0.3, -0.25) is 9.59 Å². The molecule has 140 valence electrons. The van der Waals surface area contributed by atoms with E-state index in [-0.39, 0.29) is 35.6 Å². The molecule has 0 spiro atoms. The van der Waals surface area contributed by atoms with Gasteiger partial charge in [-0.2, -0.15) is 0 Å². The van der Waals surface area contributed by atoms with E-state index in [4.69, 9.17) is 4.74 Å². The zero-order valence-corrected chi connectivity index (χ0v) is 14.8. The van der Waals surface area contributed by atoms with Gasteiger partial charge in [0.1, 0.15) is 12.2 Å². The Labute approximate surface area is 155 Å². The summed E-state index contributed by atoms with van der Waals surface area (Å²) in [5.74, 6) is -1.76. The fourth-order valence-corrected chi connectivity index (χ4v) is 3.84. The Morgan fingerprint density at radius 1 is 1.19 bits per heavy atom. The monoisotopic (exact) mass is 368 g/mol. The van der Waals surface area contributed by atoms with Gasteiger partial charge in [-0.15, -0.1) is 0 Å². The molecule has 2 aliphatic heterocycles. The third kappa shape index (κ3) is 3.09. The van der Waals surface area contributed by atoms with Crippen molar-refractivity contribution in [2.75, 3.05) is 6.54 Å². The number of carbonyl (C=O) groups is 2. The minimum atomic E-state index is -1.32. The standard InChI is InChI=1S/C20H20N2O5/c23-17-15(20(25)26)11-21-10-14-8-4-5-9-22(14)19(24)16(21)18(17)27-12-13-6-2-1-3-7-13/h1-3,6-7,11,14H,4-5,8-10,12H2,(H,25,26). The topological polar surface area (TPSA) is 88.8 Å². The molecule has 27 heavy (non-hydrogen) atoms. The summed E-state index contributed by atoms with van der Waals surface area (Å²) >= 11 is 0. The number of benzene rings is 1. The van der Waals surface area contributed by atoms with Gasteiger partial charge in [0.2, 0.25) is 5.43 Å². The van der Waals surface area contributed by atoms with Gasteiger partial charge in [0.05, 0.1) is 0 Å². The van der Waals surface area contributed by atoms with Crippen LogP contribution in [-0.2, 0) is 13.2 Å². The van der Waals surface area contributed by atoms with E-state index >= 15 is 0 Å². The van der Waals surface area contributed by atoms with Gasteiger partial charge < -0.3 is 19.3 Å². The highest BCUT2D eigenvalue weighted by atomic mass is 16.5. The zero-order chi connectivity index (χ0) is 19.0. The molecular formula is C20H20N2O5. The summed E-state index contributed by atoms with van der Waals surface area (Å²) in [6.45, 7) is 1.21.